The van der Waals surface area contributed by atoms with Gasteiger partial charge in [-0.1, -0.05) is 19.9 Å². The first-order valence-electron chi connectivity index (χ1n) is 8.52. The summed E-state index contributed by atoms with van der Waals surface area (Å²) in [6, 6.07) is 7.42. The molecular weight excluding hydrogens is 330 g/mol. The number of nitrogens with zero attached hydrogens (tertiary/aromatic N) is 1. The molecule has 6 nitrogen and oxygen atoms in total. The van der Waals surface area contributed by atoms with Gasteiger partial charge in [0.15, 0.2) is 0 Å². The minimum absolute atomic E-state index is 0.0590. The molecule has 1 aliphatic heterocycles. The number of carbonyl (C=O) groups excluding carboxylic acids is 2. The van der Waals surface area contributed by atoms with Gasteiger partial charge in [-0.2, -0.15) is 0 Å². The van der Waals surface area contributed by atoms with E-state index >= 15 is 0 Å². The summed E-state index contributed by atoms with van der Waals surface area (Å²) in [4.78, 5) is 28.1. The Morgan fingerprint density at radius 3 is 2.73 bits per heavy atom. The van der Waals surface area contributed by atoms with Gasteiger partial charge in [-0.25, -0.2) is 0 Å². The second kappa shape index (κ2) is 6.78. The van der Waals surface area contributed by atoms with Gasteiger partial charge in [-0.3, -0.25) is 14.6 Å². The predicted octanol–water partition coefficient (Wildman–Crippen LogP) is 2.06. The Balaban J connectivity index is 1.96. The highest BCUT2D eigenvalue weighted by Crippen LogP contribution is 2.35. The molecule has 0 bridgehead atoms. The summed E-state index contributed by atoms with van der Waals surface area (Å²) in [5, 5.41) is 5.50. The SMILES string of the molecule is CNC(=O)c1ccc(Cc2cc3c(cc2OC)C(C)(C)CNC3=O)cn1. The van der Waals surface area contributed by atoms with E-state index in [0.29, 0.717) is 24.2 Å². The molecule has 2 N–H and O–H groups in total. The van der Waals surface area contributed by atoms with Crippen LogP contribution in [0.2, 0.25) is 0 Å². The molecule has 1 aromatic heterocycles. The first-order valence-corrected chi connectivity index (χ1v) is 8.52. The Hall–Kier alpha value is -2.89. The van der Waals surface area contributed by atoms with Crippen LogP contribution in [0.5, 0.6) is 5.75 Å². The summed E-state index contributed by atoms with van der Waals surface area (Å²) in [5.74, 6) is 0.472. The molecule has 0 unspecified atom stereocenters. The van der Waals surface area contributed by atoms with Crippen LogP contribution in [0.1, 0.15) is 51.4 Å². The first kappa shape index (κ1) is 17.9. The van der Waals surface area contributed by atoms with Gasteiger partial charge in [0.1, 0.15) is 11.4 Å². The van der Waals surface area contributed by atoms with E-state index in [-0.39, 0.29) is 17.2 Å². The van der Waals surface area contributed by atoms with Gasteiger partial charge in [0.05, 0.1) is 7.11 Å². The van der Waals surface area contributed by atoms with E-state index in [1.807, 2.05) is 18.2 Å². The fraction of sp³-hybridized carbons (Fsp3) is 0.350. The van der Waals surface area contributed by atoms with Gasteiger partial charge in [0.25, 0.3) is 11.8 Å². The Morgan fingerprint density at radius 2 is 2.12 bits per heavy atom. The number of pyridine rings is 1. The molecule has 0 aliphatic carbocycles. The average molecular weight is 353 g/mol. The van der Waals surface area contributed by atoms with Crippen LogP contribution in [0.25, 0.3) is 0 Å². The molecule has 0 radical (unpaired) electrons. The van der Waals surface area contributed by atoms with Gasteiger partial charge in [-0.15, -0.1) is 0 Å². The number of aromatic nitrogens is 1. The van der Waals surface area contributed by atoms with Crippen molar-refractivity contribution in [2.45, 2.75) is 25.7 Å². The number of benzene rings is 1. The van der Waals surface area contributed by atoms with Crippen LogP contribution in [0.4, 0.5) is 0 Å². The predicted molar refractivity (Wildman–Crippen MR) is 98.8 cm³/mol. The number of nitrogens with one attached hydrogen (secondary N) is 2. The number of rotatable bonds is 4. The van der Waals surface area contributed by atoms with Crippen LogP contribution in [0.3, 0.4) is 0 Å². The molecule has 1 aromatic carbocycles. The first-order chi connectivity index (χ1) is 12.4. The highest BCUT2D eigenvalue weighted by molar-refractivity contribution is 5.98. The lowest BCUT2D eigenvalue weighted by atomic mass is 9.78. The zero-order chi connectivity index (χ0) is 18.9. The fourth-order valence-electron chi connectivity index (χ4n) is 3.20. The molecule has 1 aliphatic rings. The Morgan fingerprint density at radius 1 is 1.35 bits per heavy atom. The molecule has 2 heterocycles. The average Bonchev–Trinajstić information content (AvgIpc) is 2.64. The number of ether oxygens (including phenoxy) is 1. The Labute approximate surface area is 153 Å². The van der Waals surface area contributed by atoms with E-state index in [1.165, 1.54) is 0 Å². The van der Waals surface area contributed by atoms with Crippen molar-refractivity contribution in [3.63, 3.8) is 0 Å². The highest BCUT2D eigenvalue weighted by atomic mass is 16.5. The Kier molecular flexibility index (Phi) is 4.68. The number of hydrogen-bond acceptors (Lipinski definition) is 4. The molecular formula is C20H23N3O3. The minimum atomic E-state index is -0.221. The minimum Gasteiger partial charge on any atom is -0.496 e. The second-order valence-corrected chi connectivity index (χ2v) is 7.08. The molecule has 3 rings (SSSR count). The van der Waals surface area contributed by atoms with Crippen molar-refractivity contribution in [3.05, 3.63) is 58.4 Å². The maximum Gasteiger partial charge on any atom is 0.269 e. The van der Waals surface area contributed by atoms with E-state index < -0.39 is 0 Å². The van der Waals surface area contributed by atoms with Crippen molar-refractivity contribution in [2.75, 3.05) is 20.7 Å². The van der Waals surface area contributed by atoms with Crippen molar-refractivity contribution in [3.8, 4) is 5.75 Å². The van der Waals surface area contributed by atoms with Crippen molar-refractivity contribution in [1.82, 2.24) is 15.6 Å². The zero-order valence-electron chi connectivity index (χ0n) is 15.5. The van der Waals surface area contributed by atoms with Crippen LogP contribution in [0.15, 0.2) is 30.5 Å². The van der Waals surface area contributed by atoms with Crippen molar-refractivity contribution >= 4 is 11.8 Å². The van der Waals surface area contributed by atoms with Crippen molar-refractivity contribution in [1.29, 1.82) is 0 Å². The molecule has 0 saturated carbocycles. The van der Waals surface area contributed by atoms with Crippen molar-refractivity contribution in [2.24, 2.45) is 0 Å². The second-order valence-electron chi connectivity index (χ2n) is 7.08. The molecule has 0 atom stereocenters. The third-order valence-electron chi connectivity index (χ3n) is 4.76. The van der Waals surface area contributed by atoms with Crippen LogP contribution in [-0.4, -0.2) is 37.5 Å². The van der Waals surface area contributed by atoms with Crippen LogP contribution < -0.4 is 15.4 Å². The van der Waals surface area contributed by atoms with E-state index in [1.54, 1.807) is 26.4 Å². The lowest BCUT2D eigenvalue weighted by molar-refractivity contribution is 0.0927. The molecule has 0 fully saturated rings. The number of hydrogen-bond donors (Lipinski definition) is 2. The normalized spacial score (nSPS) is 15.0. The van der Waals surface area contributed by atoms with Gasteiger partial charge in [0, 0.05) is 37.2 Å². The Bertz CT molecular complexity index is 857. The number of fused-ring (bicyclic) bond motifs is 1. The molecule has 6 heteroatoms. The topological polar surface area (TPSA) is 80.3 Å². The summed E-state index contributed by atoms with van der Waals surface area (Å²) < 4.78 is 5.58. The quantitative estimate of drug-likeness (QED) is 0.882. The molecule has 136 valence electrons. The number of methoxy groups -OCH3 is 1. The van der Waals surface area contributed by atoms with E-state index in [9.17, 15) is 9.59 Å². The highest BCUT2D eigenvalue weighted by Gasteiger charge is 2.32. The zero-order valence-corrected chi connectivity index (χ0v) is 15.5. The molecule has 26 heavy (non-hydrogen) atoms. The molecule has 2 amide bonds. The maximum atomic E-state index is 12.3. The van der Waals surface area contributed by atoms with Gasteiger partial charge in [-0.05, 0) is 34.9 Å². The smallest absolute Gasteiger partial charge is 0.269 e. The summed E-state index contributed by atoms with van der Waals surface area (Å²) in [6.45, 7) is 4.81. The third kappa shape index (κ3) is 3.27. The van der Waals surface area contributed by atoms with E-state index in [4.69, 9.17) is 4.74 Å². The standard InChI is InChI=1S/C20H23N3O3/c1-20(2)11-23-18(24)14-8-13(17(26-4)9-15(14)20)7-12-5-6-16(22-10-12)19(25)21-3/h5-6,8-10H,7,11H2,1-4H3,(H,21,25)(H,23,24). The van der Waals surface area contributed by atoms with Gasteiger partial charge >= 0.3 is 0 Å². The van der Waals surface area contributed by atoms with Crippen molar-refractivity contribution < 1.29 is 14.3 Å². The van der Waals surface area contributed by atoms with Gasteiger partial charge < -0.3 is 15.4 Å². The molecule has 0 spiro atoms. The van der Waals surface area contributed by atoms with Crippen LogP contribution in [0, 0.1) is 0 Å². The van der Waals surface area contributed by atoms with Crippen LogP contribution >= 0.6 is 0 Å². The van der Waals surface area contributed by atoms with E-state index in [2.05, 4.69) is 29.5 Å². The molecule has 0 saturated heterocycles. The number of amides is 2. The summed E-state index contributed by atoms with van der Waals surface area (Å²) >= 11 is 0. The molecule has 2 aromatic rings. The summed E-state index contributed by atoms with van der Waals surface area (Å²) in [6.07, 6.45) is 2.23. The number of carbonyl (C=O) groups is 2. The third-order valence-corrected chi connectivity index (χ3v) is 4.76. The maximum absolute atomic E-state index is 12.3. The fourth-order valence-corrected chi connectivity index (χ4v) is 3.20. The van der Waals surface area contributed by atoms with Gasteiger partial charge in [0.2, 0.25) is 0 Å². The summed E-state index contributed by atoms with van der Waals surface area (Å²) in [7, 11) is 3.20. The monoisotopic (exact) mass is 353 g/mol. The lowest BCUT2D eigenvalue weighted by Crippen LogP contribution is -2.43. The summed E-state index contributed by atoms with van der Waals surface area (Å²) in [5.41, 5.74) is 3.75. The largest absolute Gasteiger partial charge is 0.496 e. The lowest BCUT2D eigenvalue weighted by Gasteiger charge is -2.33. The van der Waals surface area contributed by atoms with Crippen LogP contribution in [-0.2, 0) is 11.8 Å². The van der Waals surface area contributed by atoms with E-state index in [0.717, 1.165) is 22.4 Å².